The molecule has 0 aliphatic rings. The molecule has 0 aliphatic heterocycles. The Morgan fingerprint density at radius 2 is 1.70 bits per heavy atom. The van der Waals surface area contributed by atoms with Gasteiger partial charge in [0, 0.05) is 19.8 Å². The molecule has 102 valence electrons. The van der Waals surface area contributed by atoms with Crippen LogP contribution in [0, 0.1) is 0 Å². The molecule has 0 saturated heterocycles. The molecule has 4 heteroatoms. The Balaban J connectivity index is 1.95. The number of benzene rings is 2. The summed E-state index contributed by atoms with van der Waals surface area (Å²) < 4.78 is 0. The van der Waals surface area contributed by atoms with Crippen LogP contribution in [0.3, 0.4) is 0 Å². The number of hydrogen-bond donors (Lipinski definition) is 0. The summed E-state index contributed by atoms with van der Waals surface area (Å²) in [5.41, 5.74) is 2.45. The van der Waals surface area contributed by atoms with Crippen molar-refractivity contribution in [3.8, 4) is 0 Å². The predicted octanol–water partition coefficient (Wildman–Crippen LogP) is 2.94. The predicted molar refractivity (Wildman–Crippen MR) is 80.2 cm³/mol. The first-order chi connectivity index (χ1) is 9.66. The Bertz CT molecular complexity index is 590. The van der Waals surface area contributed by atoms with Crippen molar-refractivity contribution in [3.63, 3.8) is 0 Å². The summed E-state index contributed by atoms with van der Waals surface area (Å²) in [5, 5.41) is 3.70. The molecule has 0 spiro atoms. The molecule has 2 aromatic carbocycles. The number of oxime groups is 1. The zero-order chi connectivity index (χ0) is 14.4. The molecule has 0 bridgehead atoms. The second-order valence-electron chi connectivity index (χ2n) is 4.47. The van der Waals surface area contributed by atoms with Crippen LogP contribution in [0.5, 0.6) is 0 Å². The van der Waals surface area contributed by atoms with Gasteiger partial charge in [0.1, 0.15) is 0 Å². The second kappa shape index (κ2) is 6.52. The molecule has 0 aliphatic carbocycles. The monoisotopic (exact) mass is 268 g/mol. The van der Waals surface area contributed by atoms with Gasteiger partial charge in [-0.1, -0.05) is 35.5 Å². The van der Waals surface area contributed by atoms with Crippen LogP contribution < -0.4 is 4.90 Å². The van der Waals surface area contributed by atoms with Crippen LogP contribution in [0.4, 0.5) is 5.69 Å². The number of hydrogen-bond acceptors (Lipinski definition) is 4. The highest BCUT2D eigenvalue weighted by atomic mass is 16.7. The van der Waals surface area contributed by atoms with Gasteiger partial charge in [-0.3, -0.25) is 0 Å². The smallest absolute Gasteiger partial charge is 0.365 e. The van der Waals surface area contributed by atoms with Crippen molar-refractivity contribution >= 4 is 17.9 Å². The first kappa shape index (κ1) is 13.8. The number of nitrogens with zero attached hydrogens (tertiary/aromatic N) is 2. The average molecular weight is 268 g/mol. The van der Waals surface area contributed by atoms with E-state index in [0.717, 1.165) is 11.3 Å². The molecule has 0 fully saturated rings. The fraction of sp³-hybridized carbons (Fsp3) is 0.125. The summed E-state index contributed by atoms with van der Waals surface area (Å²) in [5.74, 6) is -0.466. The zero-order valence-corrected chi connectivity index (χ0v) is 11.5. The fourth-order valence-corrected chi connectivity index (χ4v) is 1.62. The van der Waals surface area contributed by atoms with Crippen LogP contribution >= 0.6 is 0 Å². The van der Waals surface area contributed by atoms with Crippen LogP contribution in [0.15, 0.2) is 59.8 Å². The molecule has 4 nitrogen and oxygen atoms in total. The van der Waals surface area contributed by atoms with Crippen molar-refractivity contribution in [2.45, 2.75) is 0 Å². The van der Waals surface area contributed by atoms with Crippen molar-refractivity contribution < 1.29 is 9.63 Å². The van der Waals surface area contributed by atoms with Gasteiger partial charge in [-0.15, -0.1) is 0 Å². The van der Waals surface area contributed by atoms with Crippen molar-refractivity contribution in [1.82, 2.24) is 0 Å². The van der Waals surface area contributed by atoms with Gasteiger partial charge in [0.25, 0.3) is 0 Å². The molecule has 0 amide bonds. The number of carbonyl (C=O) groups is 1. The molecule has 0 aromatic heterocycles. The minimum absolute atomic E-state index is 0.466. The van der Waals surface area contributed by atoms with E-state index >= 15 is 0 Å². The van der Waals surface area contributed by atoms with Crippen molar-refractivity contribution in [2.75, 3.05) is 19.0 Å². The summed E-state index contributed by atoms with van der Waals surface area (Å²) >= 11 is 0. The van der Waals surface area contributed by atoms with Gasteiger partial charge in [-0.05, 0) is 29.8 Å². The maximum atomic E-state index is 11.6. The number of carbonyl (C=O) groups excluding carboxylic acids is 1. The molecule has 20 heavy (non-hydrogen) atoms. The minimum atomic E-state index is -0.466. The van der Waals surface area contributed by atoms with Gasteiger partial charge in [-0.2, -0.15) is 0 Å². The molecule has 0 atom stereocenters. The first-order valence-electron chi connectivity index (χ1n) is 6.24. The lowest BCUT2D eigenvalue weighted by Crippen LogP contribution is -2.08. The van der Waals surface area contributed by atoms with Gasteiger partial charge < -0.3 is 9.74 Å². The molecular formula is C16H16N2O2. The lowest BCUT2D eigenvalue weighted by Gasteiger charge is -2.11. The Morgan fingerprint density at radius 3 is 2.30 bits per heavy atom. The highest BCUT2D eigenvalue weighted by Gasteiger charge is 2.04. The molecular weight excluding hydrogens is 252 g/mol. The van der Waals surface area contributed by atoms with Crippen LogP contribution in [-0.4, -0.2) is 26.3 Å². The van der Waals surface area contributed by atoms with E-state index in [4.69, 9.17) is 4.84 Å². The van der Waals surface area contributed by atoms with E-state index in [9.17, 15) is 4.79 Å². The molecule has 0 radical (unpaired) electrons. The molecule has 0 saturated carbocycles. The molecule has 0 heterocycles. The van der Waals surface area contributed by atoms with E-state index < -0.39 is 5.97 Å². The third kappa shape index (κ3) is 3.68. The highest BCUT2D eigenvalue weighted by Crippen LogP contribution is 2.11. The Kier molecular flexibility index (Phi) is 4.50. The SMILES string of the molecule is CN(C)c1ccc(C=NOC(=O)c2ccccc2)cc1. The van der Waals surface area contributed by atoms with Gasteiger partial charge in [0.15, 0.2) is 0 Å². The zero-order valence-electron chi connectivity index (χ0n) is 11.5. The maximum Gasteiger partial charge on any atom is 0.365 e. The average Bonchev–Trinajstić information content (AvgIpc) is 2.48. The molecule has 0 unspecified atom stereocenters. The van der Waals surface area contributed by atoms with E-state index in [1.165, 1.54) is 6.21 Å². The standard InChI is InChI=1S/C16H16N2O2/c1-18(2)15-10-8-13(9-11-15)12-17-20-16(19)14-6-4-3-5-7-14/h3-12H,1-2H3. The minimum Gasteiger partial charge on any atom is -0.378 e. The summed E-state index contributed by atoms with van der Waals surface area (Å²) in [6.07, 6.45) is 1.51. The molecule has 2 rings (SSSR count). The third-order valence-electron chi connectivity index (χ3n) is 2.76. The normalized spacial score (nSPS) is 10.5. The van der Waals surface area contributed by atoms with Crippen molar-refractivity contribution in [3.05, 3.63) is 65.7 Å². The van der Waals surface area contributed by atoms with Gasteiger partial charge in [0.05, 0.1) is 11.8 Å². The number of rotatable bonds is 4. The second-order valence-corrected chi connectivity index (χ2v) is 4.47. The number of anilines is 1. The Labute approximate surface area is 118 Å². The van der Waals surface area contributed by atoms with E-state index in [-0.39, 0.29) is 0 Å². The van der Waals surface area contributed by atoms with Crippen molar-refractivity contribution in [1.29, 1.82) is 0 Å². The van der Waals surface area contributed by atoms with E-state index in [2.05, 4.69) is 5.16 Å². The highest BCUT2D eigenvalue weighted by molar-refractivity contribution is 5.90. The third-order valence-corrected chi connectivity index (χ3v) is 2.76. The summed E-state index contributed by atoms with van der Waals surface area (Å²) in [4.78, 5) is 18.5. The Morgan fingerprint density at radius 1 is 1.05 bits per heavy atom. The van der Waals surface area contributed by atoms with E-state index in [1.54, 1.807) is 24.3 Å². The van der Waals surface area contributed by atoms with Gasteiger partial charge in [-0.25, -0.2) is 4.79 Å². The van der Waals surface area contributed by atoms with Gasteiger partial charge in [0.2, 0.25) is 0 Å². The quantitative estimate of drug-likeness (QED) is 0.486. The Hall–Kier alpha value is -2.62. The van der Waals surface area contributed by atoms with Crippen molar-refractivity contribution in [2.24, 2.45) is 5.16 Å². The lowest BCUT2D eigenvalue weighted by molar-refractivity contribution is 0.0519. The fourth-order valence-electron chi connectivity index (χ4n) is 1.62. The first-order valence-corrected chi connectivity index (χ1v) is 6.24. The summed E-state index contributed by atoms with van der Waals surface area (Å²) in [7, 11) is 3.95. The maximum absolute atomic E-state index is 11.6. The lowest BCUT2D eigenvalue weighted by atomic mass is 10.2. The van der Waals surface area contributed by atoms with Crippen LogP contribution in [-0.2, 0) is 4.84 Å². The van der Waals surface area contributed by atoms with E-state index in [1.807, 2.05) is 49.3 Å². The topological polar surface area (TPSA) is 41.9 Å². The van der Waals surface area contributed by atoms with Crippen LogP contribution in [0.1, 0.15) is 15.9 Å². The summed E-state index contributed by atoms with van der Waals surface area (Å²) in [6.45, 7) is 0. The van der Waals surface area contributed by atoms with Crippen LogP contribution in [0.2, 0.25) is 0 Å². The van der Waals surface area contributed by atoms with E-state index in [0.29, 0.717) is 5.56 Å². The molecule has 0 N–H and O–H groups in total. The van der Waals surface area contributed by atoms with Crippen LogP contribution in [0.25, 0.3) is 0 Å². The van der Waals surface area contributed by atoms with Gasteiger partial charge >= 0.3 is 5.97 Å². The summed E-state index contributed by atoms with van der Waals surface area (Å²) in [6, 6.07) is 16.5. The molecule has 2 aromatic rings. The largest absolute Gasteiger partial charge is 0.378 e.